The van der Waals surface area contributed by atoms with Gasteiger partial charge in [-0.25, -0.2) is 0 Å². The fourth-order valence-corrected chi connectivity index (χ4v) is 6.52. The van der Waals surface area contributed by atoms with Crippen LogP contribution in [0.15, 0.2) is 36.4 Å². The summed E-state index contributed by atoms with van der Waals surface area (Å²) < 4.78 is 38.5. The number of aliphatic hydroxyl groups excluding tert-OH is 1. The fraction of sp³-hybridized carbons (Fsp3) is 0.600. The van der Waals surface area contributed by atoms with E-state index in [9.17, 15) is 5.11 Å². The molecule has 288 valence electrons. The lowest BCUT2D eigenvalue weighted by Crippen LogP contribution is -2.06. The first-order chi connectivity index (χ1) is 25.6. The van der Waals surface area contributed by atoms with Crippen LogP contribution in [-0.4, -0.2) is 51.4 Å². The Labute approximate surface area is 313 Å². The van der Waals surface area contributed by atoms with Crippen LogP contribution in [0.2, 0.25) is 0 Å². The lowest BCUT2D eigenvalue weighted by molar-refractivity contribution is 0.193. The first kappa shape index (κ1) is 41.2. The molecule has 4 aromatic rings. The van der Waals surface area contributed by atoms with Gasteiger partial charge in [-0.2, -0.15) is 0 Å². The minimum atomic E-state index is -0.0833. The molecule has 0 saturated carbocycles. The zero-order chi connectivity index (χ0) is 37.0. The van der Waals surface area contributed by atoms with E-state index < -0.39 is 0 Å². The Morgan fingerprint density at radius 1 is 0.308 bits per heavy atom. The van der Waals surface area contributed by atoms with Gasteiger partial charge in [0, 0.05) is 0 Å². The zero-order valence-electron chi connectivity index (χ0n) is 32.9. The number of fused-ring (bicyclic) bond motifs is 6. The van der Waals surface area contributed by atoms with Crippen molar-refractivity contribution in [3.8, 4) is 34.5 Å². The molecule has 0 saturated heterocycles. The van der Waals surface area contributed by atoms with Crippen LogP contribution >= 0.6 is 0 Å². The third-order valence-electron chi connectivity index (χ3n) is 9.50. The maximum atomic E-state index is 9.71. The molecule has 0 unspecified atom stereocenters. The average molecular weight is 719 g/mol. The van der Waals surface area contributed by atoms with E-state index in [1.54, 1.807) is 0 Å². The molecule has 0 aliphatic carbocycles. The maximum absolute atomic E-state index is 9.71. The Morgan fingerprint density at radius 2 is 0.500 bits per heavy atom. The van der Waals surface area contributed by atoms with Crippen LogP contribution in [0.25, 0.3) is 32.3 Å². The van der Waals surface area contributed by atoms with Gasteiger partial charge in [0.15, 0.2) is 34.5 Å². The molecule has 7 heteroatoms. The first-order valence-electron chi connectivity index (χ1n) is 20.5. The zero-order valence-corrected chi connectivity index (χ0v) is 32.9. The summed E-state index contributed by atoms with van der Waals surface area (Å²) in [5.74, 6) is 4.35. The summed E-state index contributed by atoms with van der Waals surface area (Å²) in [6.45, 7) is 14.2. The molecule has 0 spiro atoms. The van der Waals surface area contributed by atoms with Crippen molar-refractivity contribution in [2.75, 3.05) is 46.2 Å². The van der Waals surface area contributed by atoms with E-state index in [0.717, 1.165) is 152 Å². The molecule has 4 rings (SSSR count). The minimum Gasteiger partial charge on any atom is -0.490 e. The topological polar surface area (TPSA) is 75.6 Å². The van der Waals surface area contributed by atoms with Crippen molar-refractivity contribution < 1.29 is 33.5 Å². The second-order valence-electron chi connectivity index (χ2n) is 13.9. The standard InChI is InChI=1S/C45H66O7/c1-6-11-16-22-47-40-28-34-35-29-41(48-23-17-12-7-2)43(50-25-19-14-9-4)31-37(35)39-33-45(52-27-21-46)44(51-26-20-15-10-5)32-38(39)36(34)30-42(40)49-24-18-13-8-3/h28-33,46H,6-27H2,1-5H3. The highest BCUT2D eigenvalue weighted by Gasteiger charge is 2.20. The Balaban J connectivity index is 2.00. The van der Waals surface area contributed by atoms with Crippen molar-refractivity contribution in [3.63, 3.8) is 0 Å². The normalized spacial score (nSPS) is 11.4. The van der Waals surface area contributed by atoms with Gasteiger partial charge in [-0.15, -0.1) is 0 Å². The third kappa shape index (κ3) is 11.7. The molecule has 7 nitrogen and oxygen atoms in total. The number of ether oxygens (including phenoxy) is 6. The van der Waals surface area contributed by atoms with Crippen molar-refractivity contribution in [1.82, 2.24) is 0 Å². The van der Waals surface area contributed by atoms with E-state index in [0.29, 0.717) is 44.5 Å². The molecule has 0 aliphatic rings. The second kappa shape index (κ2) is 23.2. The van der Waals surface area contributed by atoms with Gasteiger partial charge in [-0.05, 0) is 101 Å². The number of benzene rings is 4. The van der Waals surface area contributed by atoms with Gasteiger partial charge in [0.25, 0.3) is 0 Å². The SMILES string of the molecule is CCCCCOc1cc2c(cc1OCCO)c1cc(OCCCCC)c(OCCCCC)cc1c1cc(OCCCCC)c(OCCCCC)cc21. The molecule has 0 fully saturated rings. The Bertz CT molecular complexity index is 1580. The molecule has 0 bridgehead atoms. The molecule has 0 amide bonds. The molecule has 0 atom stereocenters. The van der Waals surface area contributed by atoms with Gasteiger partial charge in [-0.1, -0.05) is 98.8 Å². The molecule has 1 N–H and O–H groups in total. The summed E-state index contributed by atoms with van der Waals surface area (Å²) in [5, 5.41) is 16.0. The van der Waals surface area contributed by atoms with Gasteiger partial charge in [0.05, 0.1) is 39.6 Å². The van der Waals surface area contributed by atoms with Gasteiger partial charge in [0.1, 0.15) is 6.61 Å². The summed E-state index contributed by atoms with van der Waals surface area (Å²) in [5.41, 5.74) is 0. The van der Waals surface area contributed by atoms with Crippen LogP contribution < -0.4 is 28.4 Å². The second-order valence-corrected chi connectivity index (χ2v) is 13.9. The average Bonchev–Trinajstić information content (AvgIpc) is 3.16. The van der Waals surface area contributed by atoms with Crippen LogP contribution in [0.5, 0.6) is 34.5 Å². The van der Waals surface area contributed by atoms with Crippen molar-refractivity contribution in [1.29, 1.82) is 0 Å². The maximum Gasteiger partial charge on any atom is 0.161 e. The Kier molecular flexibility index (Phi) is 18.3. The van der Waals surface area contributed by atoms with E-state index in [1.807, 2.05) is 0 Å². The number of rotatable bonds is 28. The summed E-state index contributed by atoms with van der Waals surface area (Å²) in [6, 6.07) is 12.8. The van der Waals surface area contributed by atoms with Crippen molar-refractivity contribution in [3.05, 3.63) is 36.4 Å². The van der Waals surface area contributed by atoms with Crippen LogP contribution in [0.1, 0.15) is 131 Å². The summed E-state index contributed by atoms with van der Waals surface area (Å²) in [4.78, 5) is 0. The molecular formula is C45H66O7. The van der Waals surface area contributed by atoms with Gasteiger partial charge in [-0.3, -0.25) is 0 Å². The highest BCUT2D eigenvalue weighted by atomic mass is 16.5. The lowest BCUT2D eigenvalue weighted by atomic mass is 9.93. The minimum absolute atomic E-state index is 0.0833. The largest absolute Gasteiger partial charge is 0.490 e. The third-order valence-corrected chi connectivity index (χ3v) is 9.50. The van der Waals surface area contributed by atoms with Gasteiger partial charge < -0.3 is 33.5 Å². The predicted octanol–water partition coefficient (Wildman–Crippen LogP) is 12.4. The summed E-state index contributed by atoms with van der Waals surface area (Å²) in [7, 11) is 0. The number of unbranched alkanes of at least 4 members (excludes halogenated alkanes) is 10. The smallest absolute Gasteiger partial charge is 0.161 e. The quantitative estimate of drug-likeness (QED) is 0.0463. The number of hydrogen-bond acceptors (Lipinski definition) is 7. The van der Waals surface area contributed by atoms with E-state index >= 15 is 0 Å². The van der Waals surface area contributed by atoms with Crippen LogP contribution in [-0.2, 0) is 0 Å². The Morgan fingerprint density at radius 3 is 0.673 bits per heavy atom. The molecule has 0 aromatic heterocycles. The van der Waals surface area contributed by atoms with Crippen LogP contribution in [0, 0.1) is 0 Å². The summed E-state index contributed by atoms with van der Waals surface area (Å²) >= 11 is 0. The van der Waals surface area contributed by atoms with Crippen LogP contribution in [0.3, 0.4) is 0 Å². The fourth-order valence-electron chi connectivity index (χ4n) is 6.52. The van der Waals surface area contributed by atoms with E-state index in [2.05, 4.69) is 71.0 Å². The Hall–Kier alpha value is -3.58. The van der Waals surface area contributed by atoms with E-state index in [-0.39, 0.29) is 13.2 Å². The lowest BCUT2D eigenvalue weighted by Gasteiger charge is -2.20. The number of aliphatic hydroxyl groups is 1. The molecule has 0 heterocycles. The van der Waals surface area contributed by atoms with E-state index in [1.165, 1.54) is 0 Å². The molecule has 0 radical (unpaired) electrons. The number of hydrogen-bond donors (Lipinski definition) is 1. The molecule has 4 aromatic carbocycles. The molecule has 0 aliphatic heterocycles. The van der Waals surface area contributed by atoms with Crippen molar-refractivity contribution in [2.45, 2.75) is 131 Å². The molecule has 52 heavy (non-hydrogen) atoms. The highest BCUT2D eigenvalue weighted by Crippen LogP contribution is 2.47. The van der Waals surface area contributed by atoms with Crippen molar-refractivity contribution >= 4 is 32.3 Å². The highest BCUT2D eigenvalue weighted by molar-refractivity contribution is 6.26. The monoisotopic (exact) mass is 718 g/mol. The first-order valence-corrected chi connectivity index (χ1v) is 20.5. The van der Waals surface area contributed by atoms with Crippen molar-refractivity contribution in [2.24, 2.45) is 0 Å². The van der Waals surface area contributed by atoms with E-state index in [4.69, 9.17) is 28.4 Å². The summed E-state index contributed by atoms with van der Waals surface area (Å²) in [6.07, 6.45) is 16.1. The predicted molar refractivity (Wildman–Crippen MR) is 217 cm³/mol. The van der Waals surface area contributed by atoms with Crippen LogP contribution in [0.4, 0.5) is 0 Å². The van der Waals surface area contributed by atoms with Gasteiger partial charge >= 0.3 is 0 Å². The molecular weight excluding hydrogens is 652 g/mol. The van der Waals surface area contributed by atoms with Gasteiger partial charge in [0.2, 0.25) is 0 Å².